The van der Waals surface area contributed by atoms with Crippen LogP contribution in [0.2, 0.25) is 5.02 Å². The molecule has 2 aromatic rings. The zero-order valence-corrected chi connectivity index (χ0v) is 12.5. The van der Waals surface area contributed by atoms with Crippen LogP contribution >= 0.6 is 11.6 Å². The van der Waals surface area contributed by atoms with E-state index in [9.17, 15) is 0 Å². The number of hydrogen-bond acceptors (Lipinski definition) is 2. The van der Waals surface area contributed by atoms with Crippen LogP contribution in [0.15, 0.2) is 48.5 Å². The zero-order chi connectivity index (χ0) is 14.4. The SMILES string of the molecule is Cc1ccc(C(CCCc2ccccc2)NN)cc1Cl. The van der Waals surface area contributed by atoms with Crippen LogP contribution in [-0.4, -0.2) is 0 Å². The van der Waals surface area contributed by atoms with E-state index < -0.39 is 0 Å². The Morgan fingerprint density at radius 1 is 1.15 bits per heavy atom. The largest absolute Gasteiger partial charge is 0.271 e. The summed E-state index contributed by atoms with van der Waals surface area (Å²) in [5, 5.41) is 0.797. The number of halogens is 1. The second-order valence-electron chi connectivity index (χ2n) is 5.11. The quantitative estimate of drug-likeness (QED) is 0.618. The van der Waals surface area contributed by atoms with Crippen LogP contribution in [0.4, 0.5) is 0 Å². The monoisotopic (exact) mass is 288 g/mol. The lowest BCUT2D eigenvalue weighted by molar-refractivity contribution is 0.498. The summed E-state index contributed by atoms with van der Waals surface area (Å²) < 4.78 is 0. The van der Waals surface area contributed by atoms with Crippen LogP contribution in [0.3, 0.4) is 0 Å². The summed E-state index contributed by atoms with van der Waals surface area (Å²) in [6.07, 6.45) is 3.15. The Balaban J connectivity index is 1.93. The van der Waals surface area contributed by atoms with Crippen molar-refractivity contribution in [1.29, 1.82) is 0 Å². The van der Waals surface area contributed by atoms with Crippen LogP contribution in [0.1, 0.15) is 35.6 Å². The van der Waals surface area contributed by atoms with Crippen molar-refractivity contribution in [3.8, 4) is 0 Å². The van der Waals surface area contributed by atoms with Gasteiger partial charge in [-0.15, -0.1) is 0 Å². The molecule has 1 unspecified atom stereocenters. The first-order valence-electron chi connectivity index (χ1n) is 6.97. The Bertz CT molecular complexity index is 540. The first kappa shape index (κ1) is 15.0. The Hall–Kier alpha value is -1.35. The van der Waals surface area contributed by atoms with E-state index in [0.29, 0.717) is 0 Å². The van der Waals surface area contributed by atoms with Crippen molar-refractivity contribution in [3.05, 3.63) is 70.2 Å². The van der Waals surface area contributed by atoms with E-state index in [2.05, 4.69) is 35.8 Å². The maximum absolute atomic E-state index is 6.18. The maximum atomic E-state index is 6.18. The Morgan fingerprint density at radius 3 is 2.55 bits per heavy atom. The molecular formula is C17H21ClN2. The zero-order valence-electron chi connectivity index (χ0n) is 11.8. The van der Waals surface area contributed by atoms with Crippen molar-refractivity contribution in [1.82, 2.24) is 5.43 Å². The lowest BCUT2D eigenvalue weighted by atomic mass is 9.99. The molecule has 0 amide bonds. The van der Waals surface area contributed by atoms with E-state index in [-0.39, 0.29) is 6.04 Å². The Morgan fingerprint density at radius 2 is 1.90 bits per heavy atom. The molecule has 0 radical (unpaired) electrons. The van der Waals surface area contributed by atoms with Gasteiger partial charge in [-0.05, 0) is 48.9 Å². The second-order valence-corrected chi connectivity index (χ2v) is 5.51. The average Bonchev–Trinajstić information content (AvgIpc) is 2.48. The Labute approximate surface area is 125 Å². The molecule has 1 atom stereocenters. The molecule has 0 aliphatic rings. The molecular weight excluding hydrogens is 268 g/mol. The first-order chi connectivity index (χ1) is 9.70. The molecule has 0 saturated carbocycles. The molecule has 0 saturated heterocycles. The molecule has 0 heterocycles. The minimum absolute atomic E-state index is 0.150. The summed E-state index contributed by atoms with van der Waals surface area (Å²) in [6.45, 7) is 2.01. The smallest absolute Gasteiger partial charge is 0.0460 e. The number of hydrogen-bond donors (Lipinski definition) is 2. The van der Waals surface area contributed by atoms with Crippen molar-refractivity contribution < 1.29 is 0 Å². The van der Waals surface area contributed by atoms with Gasteiger partial charge in [0.15, 0.2) is 0 Å². The van der Waals surface area contributed by atoms with E-state index >= 15 is 0 Å². The Kier molecular flexibility index (Phi) is 5.60. The van der Waals surface area contributed by atoms with Gasteiger partial charge in [0.1, 0.15) is 0 Å². The molecule has 3 heteroatoms. The molecule has 2 nitrogen and oxygen atoms in total. The molecule has 0 aliphatic heterocycles. The fourth-order valence-electron chi connectivity index (χ4n) is 2.33. The van der Waals surface area contributed by atoms with Crippen LogP contribution in [0.25, 0.3) is 0 Å². The number of rotatable bonds is 6. The van der Waals surface area contributed by atoms with Crippen LogP contribution in [0.5, 0.6) is 0 Å². The normalized spacial score (nSPS) is 12.3. The number of hydrazine groups is 1. The standard InChI is InChI=1S/C17H21ClN2/c1-13-10-11-15(12-16(13)18)17(20-19)9-5-8-14-6-3-2-4-7-14/h2-4,6-7,10-12,17,20H,5,8-9,19H2,1H3. The number of nitrogens with two attached hydrogens (primary N) is 1. The van der Waals surface area contributed by atoms with Gasteiger partial charge in [-0.25, -0.2) is 0 Å². The fourth-order valence-corrected chi connectivity index (χ4v) is 2.52. The van der Waals surface area contributed by atoms with Gasteiger partial charge in [0, 0.05) is 11.1 Å². The summed E-state index contributed by atoms with van der Waals surface area (Å²) >= 11 is 6.18. The number of benzene rings is 2. The van der Waals surface area contributed by atoms with E-state index in [1.165, 1.54) is 5.56 Å². The lowest BCUT2D eigenvalue weighted by Crippen LogP contribution is -2.28. The van der Waals surface area contributed by atoms with Gasteiger partial charge in [0.05, 0.1) is 0 Å². The van der Waals surface area contributed by atoms with Crippen molar-refractivity contribution in [2.75, 3.05) is 0 Å². The van der Waals surface area contributed by atoms with Crippen molar-refractivity contribution in [2.45, 2.75) is 32.2 Å². The highest BCUT2D eigenvalue weighted by Gasteiger charge is 2.10. The summed E-state index contributed by atoms with van der Waals surface area (Å²) in [7, 11) is 0. The third kappa shape index (κ3) is 4.07. The maximum Gasteiger partial charge on any atom is 0.0460 e. The molecule has 2 rings (SSSR count). The average molecular weight is 289 g/mol. The second kappa shape index (κ2) is 7.44. The predicted molar refractivity (Wildman–Crippen MR) is 85.6 cm³/mol. The highest BCUT2D eigenvalue weighted by Crippen LogP contribution is 2.24. The molecule has 106 valence electrons. The highest BCUT2D eigenvalue weighted by atomic mass is 35.5. The number of nitrogens with one attached hydrogen (secondary N) is 1. The molecule has 20 heavy (non-hydrogen) atoms. The molecule has 0 spiro atoms. The lowest BCUT2D eigenvalue weighted by Gasteiger charge is -2.17. The van der Waals surface area contributed by atoms with E-state index in [0.717, 1.165) is 35.4 Å². The van der Waals surface area contributed by atoms with E-state index in [1.54, 1.807) is 0 Å². The van der Waals surface area contributed by atoms with Crippen molar-refractivity contribution in [3.63, 3.8) is 0 Å². The summed E-state index contributed by atoms with van der Waals surface area (Å²) in [6, 6.07) is 16.8. The molecule has 0 aromatic heterocycles. The van der Waals surface area contributed by atoms with E-state index in [1.807, 2.05) is 25.1 Å². The van der Waals surface area contributed by atoms with Crippen molar-refractivity contribution >= 4 is 11.6 Å². The fraction of sp³-hybridized carbons (Fsp3) is 0.294. The van der Waals surface area contributed by atoms with Gasteiger partial charge in [-0.2, -0.15) is 0 Å². The summed E-state index contributed by atoms with van der Waals surface area (Å²) in [5.74, 6) is 5.68. The van der Waals surface area contributed by atoms with Gasteiger partial charge in [0.25, 0.3) is 0 Å². The highest BCUT2D eigenvalue weighted by molar-refractivity contribution is 6.31. The van der Waals surface area contributed by atoms with E-state index in [4.69, 9.17) is 17.4 Å². The minimum atomic E-state index is 0.150. The molecule has 3 N–H and O–H groups in total. The summed E-state index contributed by atoms with van der Waals surface area (Å²) in [5.41, 5.74) is 6.50. The van der Waals surface area contributed by atoms with Crippen molar-refractivity contribution in [2.24, 2.45) is 5.84 Å². The third-order valence-corrected chi connectivity index (χ3v) is 4.01. The van der Waals surface area contributed by atoms with Gasteiger partial charge in [0.2, 0.25) is 0 Å². The number of aryl methyl sites for hydroxylation is 2. The first-order valence-corrected chi connectivity index (χ1v) is 7.34. The van der Waals surface area contributed by atoms with Gasteiger partial charge in [-0.1, -0.05) is 54.1 Å². The topological polar surface area (TPSA) is 38.0 Å². The molecule has 0 fully saturated rings. The third-order valence-electron chi connectivity index (χ3n) is 3.60. The van der Waals surface area contributed by atoms with Gasteiger partial charge < -0.3 is 0 Å². The predicted octanol–water partition coefficient (Wildman–Crippen LogP) is 4.18. The van der Waals surface area contributed by atoms with Crippen LogP contribution < -0.4 is 11.3 Å². The molecule has 2 aromatic carbocycles. The van der Waals surface area contributed by atoms with Gasteiger partial charge in [-0.3, -0.25) is 11.3 Å². The minimum Gasteiger partial charge on any atom is -0.271 e. The summed E-state index contributed by atoms with van der Waals surface area (Å²) in [4.78, 5) is 0. The molecule has 0 bridgehead atoms. The van der Waals surface area contributed by atoms with Gasteiger partial charge >= 0.3 is 0 Å². The molecule has 0 aliphatic carbocycles. The van der Waals surface area contributed by atoms with Crippen LogP contribution in [-0.2, 0) is 6.42 Å². The van der Waals surface area contributed by atoms with Crippen LogP contribution in [0, 0.1) is 6.92 Å².